The molecule has 6 atom stereocenters. The van der Waals surface area contributed by atoms with E-state index in [9.17, 15) is 38.4 Å². The Morgan fingerprint density at radius 2 is 0.595 bits per heavy atom. The van der Waals surface area contributed by atoms with Crippen LogP contribution in [0.5, 0.6) is 0 Å². The Morgan fingerprint density at radius 3 is 0.876 bits per heavy atom. The molecule has 8 amide bonds. The van der Waals surface area contributed by atoms with Crippen molar-refractivity contribution in [3.63, 3.8) is 0 Å². The van der Waals surface area contributed by atoms with E-state index in [1.807, 2.05) is 36.1 Å². The first kappa shape index (κ1) is 113. The quantitative estimate of drug-likeness (QED) is 0.0164. The van der Waals surface area contributed by atoms with Gasteiger partial charge in [0.2, 0.25) is 47.3 Å². The van der Waals surface area contributed by atoms with Gasteiger partial charge in [0.25, 0.3) is 0 Å². The van der Waals surface area contributed by atoms with Gasteiger partial charge in [0.15, 0.2) is 0 Å². The molecule has 12 N–H and O–H groups in total. The molecular formula is C101H188N12O8+2. The number of carbonyl (C=O) groups is 8. The van der Waals surface area contributed by atoms with Crippen LogP contribution in [0.1, 0.15) is 446 Å². The van der Waals surface area contributed by atoms with Crippen molar-refractivity contribution in [1.29, 1.82) is 0 Å². The lowest BCUT2D eigenvalue weighted by atomic mass is 10.1. The number of amides is 8. The van der Waals surface area contributed by atoms with Crippen molar-refractivity contribution in [2.45, 2.75) is 482 Å². The lowest BCUT2D eigenvalue weighted by molar-refractivity contribution is -0.415. The van der Waals surface area contributed by atoms with Crippen molar-refractivity contribution in [3.8, 4) is 0 Å². The molecule has 121 heavy (non-hydrogen) atoms. The Hall–Kier alpha value is -6.02. The number of hydrogen-bond acceptors (Lipinski definition) is 10. The molecule has 20 heteroatoms. The van der Waals surface area contributed by atoms with Gasteiger partial charge in [-0.15, -0.1) is 0 Å². The first-order chi connectivity index (χ1) is 59.1. The van der Waals surface area contributed by atoms with Crippen molar-refractivity contribution in [2.24, 2.45) is 9.98 Å². The van der Waals surface area contributed by atoms with Crippen LogP contribution in [0.4, 0.5) is 0 Å². The van der Waals surface area contributed by atoms with E-state index in [0.29, 0.717) is 64.7 Å². The van der Waals surface area contributed by atoms with Crippen LogP contribution in [0.15, 0.2) is 58.6 Å². The topological polar surface area (TPSA) is 295 Å². The Kier molecular flexibility index (Phi) is 79.2. The van der Waals surface area contributed by atoms with Crippen molar-refractivity contribution >= 4 is 59.7 Å². The van der Waals surface area contributed by atoms with E-state index in [-0.39, 0.29) is 84.5 Å². The predicted octanol–water partition coefficient (Wildman–Crippen LogP) is 20.1. The summed E-state index contributed by atoms with van der Waals surface area (Å²) in [5.74, 6) is -0.906. The van der Waals surface area contributed by atoms with E-state index in [4.69, 9.17) is 0 Å². The third kappa shape index (κ3) is 71.9. The maximum Gasteiger partial charge on any atom is 0.244 e. The minimum absolute atomic E-state index is 0.0104. The Bertz CT molecular complexity index is 2720. The van der Waals surface area contributed by atoms with Crippen LogP contribution in [0.25, 0.3) is 0 Å². The summed E-state index contributed by atoms with van der Waals surface area (Å²) in [6, 6.07) is -1.42. The third-order valence-electron chi connectivity index (χ3n) is 23.2. The molecule has 2 saturated heterocycles. The Morgan fingerprint density at radius 1 is 0.331 bits per heavy atom. The summed E-state index contributed by atoms with van der Waals surface area (Å²) >= 11 is 0. The molecule has 0 aliphatic carbocycles. The van der Waals surface area contributed by atoms with Crippen molar-refractivity contribution in [1.82, 2.24) is 41.7 Å². The number of rotatable bonds is 81. The Balaban J connectivity index is 0.00000121. The van der Waals surface area contributed by atoms with Gasteiger partial charge >= 0.3 is 0 Å². The second kappa shape index (κ2) is 84.8. The van der Waals surface area contributed by atoms with Gasteiger partial charge in [-0.25, -0.2) is 0 Å². The number of quaternary nitrogens is 2. The summed E-state index contributed by atoms with van der Waals surface area (Å²) in [6.45, 7) is 15.9. The number of unbranched alkanes of at least 4 members (excludes halogenated alkanes) is 44. The van der Waals surface area contributed by atoms with E-state index in [2.05, 4.69) is 130 Å². The number of hydrogen-bond donors (Lipinski definition) is 8. The highest BCUT2D eigenvalue weighted by molar-refractivity contribution is 5.90. The second-order valence-electron chi connectivity index (χ2n) is 35.4. The number of aliphatic imine (C=N–C) groups is 2. The summed E-state index contributed by atoms with van der Waals surface area (Å²) in [5.41, 5.74) is 7.94. The maximum atomic E-state index is 13.3. The second-order valence-corrected chi connectivity index (χ2v) is 35.4. The smallest absolute Gasteiger partial charge is 0.244 e. The molecular weight excluding hydrogens is 1510 g/mol. The van der Waals surface area contributed by atoms with E-state index in [0.717, 1.165) is 161 Å². The Labute approximate surface area is 740 Å². The summed E-state index contributed by atoms with van der Waals surface area (Å²) in [6.07, 6.45) is 91.7. The average molecular weight is 1700 g/mol. The number of nitrogens with zero attached hydrogens (tertiary/aromatic N) is 4. The SMILES string of the molecule is CCCCCCCC/C=C\CCCCCCCC(=O)NCC(NC(=O)CCCCCCC/C=C\CCCCCCCC)C(=O)NCCN=CC1CCCN1C(=O)CC(C)[NH3+].CCCCCCCC/C=C\CCCCCCCC(=O)NCC(NC(=O)CCCCCCC/C=C\CCCCCCCC)C(=O)NCCN=CC1CCCN1C(=O)CCC(C)[NH3+]. The summed E-state index contributed by atoms with van der Waals surface area (Å²) in [7, 11) is 0. The predicted molar refractivity (Wildman–Crippen MR) is 508 cm³/mol. The fraction of sp³-hybridized carbons (Fsp3) is 0.822. The van der Waals surface area contributed by atoms with Crippen LogP contribution in [0.3, 0.4) is 0 Å². The lowest BCUT2D eigenvalue weighted by Crippen LogP contribution is -2.60. The van der Waals surface area contributed by atoms with E-state index in [1.54, 1.807) is 0 Å². The standard InChI is InChI=1S/C51H94N6O4.C50H92N6O4/c1-4-6-8-10-12-14-16-18-20-22-24-26-28-30-32-36-48(58)55-44-47(51(61)54-41-40-53-43-46-35-34-42-57(46)50(60)39-38-45(3)52)56-49(59)37-33-31-29-27-25-23-21-19-17-15-13-11-9-7-5-2;1-4-6-8-10-12-14-16-18-20-22-24-26-28-30-32-36-47(57)54-43-46(50(60)53-39-38-52-42-45-35-34-40-56(45)49(59)41-44(3)51)55-48(58)37-33-31-29-27-25-23-21-19-17-15-13-11-9-7-5-2/h18-21,43,45-47H,4-17,22-42,44,52H2,1-3H3,(H,54,61)(H,55,58)(H,56,59);18-21,42,44-46H,4-17,22-41,43,51H2,1-3H3,(H,53,60)(H,54,57)(H,55,58)/p+2/b20-18-,21-19-,53-43?;20-18-,21-19-,52-42?. The third-order valence-corrected chi connectivity index (χ3v) is 23.2. The molecule has 0 spiro atoms. The molecule has 0 saturated carbocycles. The fourth-order valence-electron chi connectivity index (χ4n) is 15.6. The zero-order valence-corrected chi connectivity index (χ0v) is 78.9. The molecule has 0 aromatic heterocycles. The summed E-state index contributed by atoms with van der Waals surface area (Å²) in [5, 5.41) is 17.4. The van der Waals surface area contributed by atoms with Gasteiger partial charge in [0.05, 0.1) is 43.7 Å². The van der Waals surface area contributed by atoms with Crippen LogP contribution in [-0.4, -0.2) is 158 Å². The highest BCUT2D eigenvalue weighted by Crippen LogP contribution is 2.21. The molecule has 0 aromatic carbocycles. The van der Waals surface area contributed by atoms with Gasteiger partial charge in [0, 0.05) is 90.2 Å². The molecule has 2 aliphatic rings. The number of carbonyl (C=O) groups excluding carboxylic acids is 8. The summed E-state index contributed by atoms with van der Waals surface area (Å²) in [4.78, 5) is 116. The molecule has 2 fully saturated rings. The highest BCUT2D eigenvalue weighted by Gasteiger charge is 2.30. The molecule has 2 heterocycles. The van der Waals surface area contributed by atoms with E-state index < -0.39 is 12.1 Å². The molecule has 2 rings (SSSR count). The monoisotopic (exact) mass is 1700 g/mol. The van der Waals surface area contributed by atoms with Gasteiger partial charge in [0.1, 0.15) is 12.1 Å². The minimum Gasteiger partial charge on any atom is -0.355 e. The normalized spacial score (nSPS) is 15.3. The van der Waals surface area contributed by atoms with E-state index in [1.165, 1.54) is 218 Å². The van der Waals surface area contributed by atoms with E-state index >= 15 is 0 Å². The van der Waals surface area contributed by atoms with Gasteiger partial charge in [-0.05, 0) is 168 Å². The van der Waals surface area contributed by atoms with Crippen LogP contribution in [-0.2, 0) is 38.4 Å². The number of nitrogens with one attached hydrogen (secondary N) is 6. The lowest BCUT2D eigenvalue weighted by Gasteiger charge is -2.22. The first-order valence-electron chi connectivity index (χ1n) is 50.6. The van der Waals surface area contributed by atoms with Crippen LogP contribution in [0.2, 0.25) is 0 Å². The molecule has 698 valence electrons. The minimum atomic E-state index is -0.852. The largest absolute Gasteiger partial charge is 0.355 e. The van der Waals surface area contributed by atoms with Gasteiger partial charge in [-0.2, -0.15) is 0 Å². The van der Waals surface area contributed by atoms with Crippen LogP contribution < -0.4 is 43.4 Å². The van der Waals surface area contributed by atoms with Gasteiger partial charge in [-0.1, -0.05) is 282 Å². The first-order valence-corrected chi connectivity index (χ1v) is 50.6. The molecule has 0 bridgehead atoms. The van der Waals surface area contributed by atoms with Crippen LogP contribution in [0, 0.1) is 0 Å². The van der Waals surface area contributed by atoms with Gasteiger partial charge < -0.3 is 53.2 Å². The van der Waals surface area contributed by atoms with Crippen molar-refractivity contribution in [2.75, 3.05) is 52.4 Å². The summed E-state index contributed by atoms with van der Waals surface area (Å²) < 4.78 is 0. The fourth-order valence-corrected chi connectivity index (χ4v) is 15.6. The number of allylic oxidation sites excluding steroid dienone is 8. The molecule has 0 aromatic rings. The molecule has 20 nitrogen and oxygen atoms in total. The van der Waals surface area contributed by atoms with Crippen molar-refractivity contribution in [3.05, 3.63) is 48.6 Å². The molecule has 0 radical (unpaired) electrons. The zero-order valence-electron chi connectivity index (χ0n) is 78.9. The molecule has 2 aliphatic heterocycles. The zero-order chi connectivity index (χ0) is 88.2. The van der Waals surface area contributed by atoms with Gasteiger partial charge in [-0.3, -0.25) is 48.3 Å². The average Bonchev–Trinajstić information content (AvgIpc) is 1.75. The highest BCUT2D eigenvalue weighted by atomic mass is 16.2. The molecule has 6 unspecified atom stereocenters. The maximum absolute atomic E-state index is 13.3. The number of likely N-dealkylation sites (tertiary alicyclic amines) is 2. The van der Waals surface area contributed by atoms with Crippen molar-refractivity contribution < 1.29 is 49.8 Å². The van der Waals surface area contributed by atoms with Crippen LogP contribution >= 0.6 is 0 Å².